The van der Waals surface area contributed by atoms with Gasteiger partial charge in [0.25, 0.3) is 5.91 Å². The summed E-state index contributed by atoms with van der Waals surface area (Å²) in [5, 5.41) is 8.94. The number of ether oxygens (including phenoxy) is 3. The topological polar surface area (TPSA) is 107 Å². The zero-order valence-electron chi connectivity index (χ0n) is 17.8. The molecule has 0 fully saturated rings. The van der Waals surface area contributed by atoms with Crippen LogP contribution in [0.1, 0.15) is 17.5 Å². The van der Waals surface area contributed by atoms with Crippen LogP contribution in [-0.2, 0) is 9.47 Å². The van der Waals surface area contributed by atoms with Gasteiger partial charge in [-0.15, -0.1) is 13.2 Å². The predicted molar refractivity (Wildman–Crippen MR) is 118 cm³/mol. The Labute approximate surface area is 197 Å². The number of aromatic nitrogens is 2. The molecule has 1 unspecified atom stereocenters. The molecule has 3 N–H and O–H groups in total. The number of nitrogens with one attached hydrogen (secondary N) is 3. The largest absolute Gasteiger partial charge is 0.573 e. The highest BCUT2D eigenvalue weighted by atomic mass is 79.9. The van der Waals surface area contributed by atoms with Crippen LogP contribution in [-0.4, -0.2) is 67.9 Å². The van der Waals surface area contributed by atoms with Crippen molar-refractivity contribution >= 4 is 27.5 Å². The molecule has 1 atom stereocenters. The zero-order chi connectivity index (χ0) is 24.1. The summed E-state index contributed by atoms with van der Waals surface area (Å²) < 4.78 is 51.9. The van der Waals surface area contributed by atoms with Gasteiger partial charge in [0.2, 0.25) is 5.82 Å². The maximum absolute atomic E-state index is 12.2. The van der Waals surface area contributed by atoms with Crippen LogP contribution in [0, 0.1) is 0 Å². The number of benzene rings is 1. The molecule has 1 heterocycles. The Morgan fingerprint density at radius 1 is 1.03 bits per heavy atom. The molecule has 0 radical (unpaired) electrons. The van der Waals surface area contributed by atoms with Gasteiger partial charge >= 0.3 is 6.36 Å². The van der Waals surface area contributed by atoms with Crippen molar-refractivity contribution in [3.63, 3.8) is 0 Å². The molecule has 0 saturated heterocycles. The number of halogens is 4. The quantitative estimate of drug-likeness (QED) is 0.250. The summed E-state index contributed by atoms with van der Waals surface area (Å²) in [7, 11) is 0. The average Bonchev–Trinajstić information content (AvgIpc) is 2.75. The van der Waals surface area contributed by atoms with Gasteiger partial charge in [-0.1, -0.05) is 0 Å². The maximum Gasteiger partial charge on any atom is 0.573 e. The fourth-order valence-electron chi connectivity index (χ4n) is 2.47. The number of carbonyl (C=O) groups excluding carboxylic acids is 1. The minimum absolute atomic E-state index is 0.0882. The lowest BCUT2D eigenvalue weighted by Crippen LogP contribution is -2.35. The first-order valence-corrected chi connectivity index (χ1v) is 10.8. The van der Waals surface area contributed by atoms with Crippen molar-refractivity contribution in [1.29, 1.82) is 0 Å². The van der Waals surface area contributed by atoms with Crippen LogP contribution in [0.3, 0.4) is 0 Å². The first kappa shape index (κ1) is 26.8. The summed E-state index contributed by atoms with van der Waals surface area (Å²) in [6.07, 6.45) is -1.84. The van der Waals surface area contributed by atoms with Gasteiger partial charge in [-0.05, 0) is 47.1 Å². The molecule has 9 nitrogen and oxygen atoms in total. The van der Waals surface area contributed by atoms with Gasteiger partial charge in [-0.25, -0.2) is 9.97 Å². The van der Waals surface area contributed by atoms with Gasteiger partial charge in [0, 0.05) is 31.2 Å². The van der Waals surface area contributed by atoms with E-state index in [-0.39, 0.29) is 23.6 Å². The van der Waals surface area contributed by atoms with Gasteiger partial charge in [0.1, 0.15) is 5.75 Å². The molecule has 2 rings (SSSR count). The number of nitrogens with zero attached hydrogens (tertiary/aromatic N) is 2. The van der Waals surface area contributed by atoms with Gasteiger partial charge in [0.15, 0.2) is 0 Å². The first-order valence-electron chi connectivity index (χ1n) is 10.00. The smallest absolute Gasteiger partial charge is 0.406 e. The molecular formula is C20H25BrF3N5O4. The van der Waals surface area contributed by atoms with Gasteiger partial charge in [0.05, 0.1) is 37.1 Å². The molecule has 0 saturated carbocycles. The van der Waals surface area contributed by atoms with E-state index in [4.69, 9.17) is 9.47 Å². The van der Waals surface area contributed by atoms with Crippen LogP contribution in [0.5, 0.6) is 5.75 Å². The molecule has 1 aromatic heterocycles. The summed E-state index contributed by atoms with van der Waals surface area (Å²) in [4.78, 5) is 19.6. The molecule has 13 heteroatoms. The number of carbonyl (C=O) groups is 1. The van der Waals surface area contributed by atoms with E-state index in [1.54, 1.807) is 0 Å². The summed E-state index contributed by atoms with van der Waals surface area (Å²) >= 11 is 3.20. The van der Waals surface area contributed by atoms with Crippen LogP contribution in [0.2, 0.25) is 0 Å². The third kappa shape index (κ3) is 11.8. The molecule has 0 aliphatic carbocycles. The monoisotopic (exact) mass is 535 g/mol. The lowest BCUT2D eigenvalue weighted by molar-refractivity contribution is -0.274. The number of hydrogen-bond donors (Lipinski definition) is 3. The lowest BCUT2D eigenvalue weighted by Gasteiger charge is -2.17. The second-order valence-corrected chi connectivity index (χ2v) is 7.51. The van der Waals surface area contributed by atoms with E-state index in [1.165, 1.54) is 36.7 Å². The van der Waals surface area contributed by atoms with Gasteiger partial charge < -0.3 is 24.8 Å². The van der Waals surface area contributed by atoms with Crippen molar-refractivity contribution in [3.8, 4) is 5.75 Å². The minimum Gasteiger partial charge on any atom is -0.406 e. The van der Waals surface area contributed by atoms with Crippen LogP contribution in [0.15, 0.2) is 41.1 Å². The summed E-state index contributed by atoms with van der Waals surface area (Å²) in [6.45, 7) is 4.32. The van der Waals surface area contributed by atoms with E-state index in [1.807, 2.05) is 6.92 Å². The van der Waals surface area contributed by atoms with Crippen LogP contribution >= 0.6 is 15.9 Å². The Balaban J connectivity index is 1.45. The predicted octanol–water partition coefficient (Wildman–Crippen LogP) is 2.95. The molecule has 2 aromatic rings. The lowest BCUT2D eigenvalue weighted by atomic mass is 10.3. The number of rotatable bonds is 14. The Kier molecular flexibility index (Phi) is 11.3. The zero-order valence-corrected chi connectivity index (χ0v) is 19.4. The minimum atomic E-state index is -4.71. The first-order chi connectivity index (χ1) is 15.7. The number of alkyl halides is 3. The molecule has 0 aliphatic heterocycles. The molecule has 182 valence electrons. The van der Waals surface area contributed by atoms with Crippen LogP contribution in [0.25, 0.3) is 0 Å². The third-order valence-corrected chi connectivity index (χ3v) is 4.30. The number of anilines is 1. The van der Waals surface area contributed by atoms with E-state index < -0.39 is 6.36 Å². The molecule has 1 amide bonds. The Morgan fingerprint density at radius 2 is 1.64 bits per heavy atom. The van der Waals surface area contributed by atoms with Crippen LogP contribution in [0.4, 0.5) is 18.9 Å². The summed E-state index contributed by atoms with van der Waals surface area (Å²) in [6, 6.07) is 5.49. The van der Waals surface area contributed by atoms with E-state index in [9.17, 15) is 18.0 Å². The summed E-state index contributed by atoms with van der Waals surface area (Å²) in [5.74, 6) is -0.558. The second-order valence-electron chi connectivity index (χ2n) is 6.60. The third-order valence-electron chi connectivity index (χ3n) is 3.90. The standard InChI is InChI=1S/C20H25BrF3N5O4/c1-14(29-16-2-4-17(5-3-16)33-20(22,23)24)25-6-8-31-10-11-32-9-7-26-19(30)18-27-12-15(21)13-28-18/h2-5,12-14,25,29H,6-11H2,1H3,(H,26,30). The molecule has 0 aliphatic rings. The van der Waals surface area contributed by atoms with Gasteiger partial charge in [-0.3, -0.25) is 10.1 Å². The second kappa shape index (κ2) is 13.9. The number of hydrogen-bond acceptors (Lipinski definition) is 8. The average molecular weight is 536 g/mol. The maximum atomic E-state index is 12.2. The van der Waals surface area contributed by atoms with E-state index >= 15 is 0 Å². The van der Waals surface area contributed by atoms with Crippen molar-refractivity contribution in [2.75, 3.05) is 44.8 Å². The highest BCUT2D eigenvalue weighted by molar-refractivity contribution is 9.10. The highest BCUT2D eigenvalue weighted by Crippen LogP contribution is 2.24. The molecule has 33 heavy (non-hydrogen) atoms. The van der Waals surface area contributed by atoms with E-state index in [0.29, 0.717) is 49.7 Å². The molecule has 1 aromatic carbocycles. The Hall–Kier alpha value is -2.48. The van der Waals surface area contributed by atoms with Crippen LogP contribution < -0.4 is 20.7 Å². The Bertz CT molecular complexity index is 841. The Morgan fingerprint density at radius 3 is 2.24 bits per heavy atom. The number of amides is 1. The molecular weight excluding hydrogens is 511 g/mol. The van der Waals surface area contributed by atoms with Crippen molar-refractivity contribution in [1.82, 2.24) is 20.6 Å². The summed E-state index contributed by atoms with van der Waals surface area (Å²) in [5.41, 5.74) is 0.651. The van der Waals surface area contributed by atoms with Crippen molar-refractivity contribution in [2.45, 2.75) is 19.5 Å². The SMILES string of the molecule is CC(NCCOCCOCCNC(=O)c1ncc(Br)cn1)Nc1ccc(OC(F)(F)F)cc1. The normalized spacial score (nSPS) is 12.3. The van der Waals surface area contributed by atoms with Gasteiger partial charge in [-0.2, -0.15) is 0 Å². The highest BCUT2D eigenvalue weighted by Gasteiger charge is 2.30. The fraction of sp³-hybridized carbons (Fsp3) is 0.450. The van der Waals surface area contributed by atoms with E-state index in [0.717, 1.165) is 0 Å². The molecule has 0 bridgehead atoms. The van der Waals surface area contributed by atoms with Crippen molar-refractivity contribution in [3.05, 3.63) is 47.0 Å². The fourth-order valence-corrected chi connectivity index (χ4v) is 2.67. The van der Waals surface area contributed by atoms with Crippen molar-refractivity contribution < 1.29 is 32.2 Å². The molecule has 0 spiro atoms. The van der Waals surface area contributed by atoms with E-state index in [2.05, 4.69) is 46.6 Å². The van der Waals surface area contributed by atoms with Crippen molar-refractivity contribution in [2.24, 2.45) is 0 Å².